The average molecular weight is 950 g/mol. The number of ether oxygens (including phenoxy) is 5. The molecule has 3 aliphatic rings. The lowest BCUT2D eigenvalue weighted by molar-refractivity contribution is -0.384. The minimum Gasteiger partial charge on any atom is -0.459 e. The highest BCUT2D eigenvalue weighted by Gasteiger charge is 2.66. The smallest absolute Gasteiger partial charge is 0.410 e. The maximum atomic E-state index is 14.9. The molecule has 15 heteroatoms. The number of hydrogen-bond donors (Lipinski definition) is 2. The van der Waals surface area contributed by atoms with Crippen molar-refractivity contribution in [2.75, 3.05) is 33.0 Å². The Morgan fingerprint density at radius 3 is 2.39 bits per heavy atom. The average Bonchev–Trinajstić information content (AvgIpc) is 3.33. The van der Waals surface area contributed by atoms with Crippen molar-refractivity contribution in [3.05, 3.63) is 154 Å². The molecule has 2 N–H and O–H groups in total. The molecule has 69 heavy (non-hydrogen) atoms. The van der Waals surface area contributed by atoms with Gasteiger partial charge in [0.15, 0.2) is 0 Å². The van der Waals surface area contributed by atoms with Gasteiger partial charge in [-0.15, -0.1) is 6.58 Å². The third-order valence-electron chi connectivity index (χ3n) is 12.8. The summed E-state index contributed by atoms with van der Waals surface area (Å²) in [5, 5.41) is 36.6. The van der Waals surface area contributed by atoms with Crippen molar-refractivity contribution >= 4 is 17.5 Å². The summed E-state index contributed by atoms with van der Waals surface area (Å²) >= 11 is 0. The van der Waals surface area contributed by atoms with Crippen molar-refractivity contribution in [3.8, 4) is 17.2 Å². The van der Waals surface area contributed by atoms with Crippen LogP contribution < -0.4 is 9.47 Å². The molecule has 4 aromatic carbocycles. The van der Waals surface area contributed by atoms with Gasteiger partial charge in [0.05, 0.1) is 42.4 Å². The van der Waals surface area contributed by atoms with Gasteiger partial charge in [0.2, 0.25) is 5.79 Å². The van der Waals surface area contributed by atoms with Crippen molar-refractivity contribution in [1.82, 2.24) is 4.90 Å². The highest BCUT2D eigenvalue weighted by Crippen LogP contribution is 2.62. The van der Waals surface area contributed by atoms with Crippen LogP contribution in [0.5, 0.6) is 17.2 Å². The number of aliphatic hydroxyl groups is 2. The van der Waals surface area contributed by atoms with Gasteiger partial charge in [0.25, 0.3) is 5.69 Å². The van der Waals surface area contributed by atoms with E-state index < -0.39 is 40.2 Å². The van der Waals surface area contributed by atoms with E-state index >= 15 is 0 Å². The highest BCUT2D eigenvalue weighted by atomic mass is 19.1. The number of oxime groups is 1. The molecule has 1 heterocycles. The number of carbonyl (C=O) groups is 1. The van der Waals surface area contributed by atoms with E-state index in [0.29, 0.717) is 55.1 Å². The SMILES string of the molecule is C=CCOC12Oc3ccc(Oc4cccc([N+](=O)[O-])c4)cc3C3C(CCCCO)C(CCCCO)C=C(C(=NOC(C)(C)C)CC1N(Cc1ccc(F)cc1)C(=O)OCCOCc1ccccc1)C32. The number of benzene rings is 4. The van der Waals surface area contributed by atoms with Gasteiger partial charge >= 0.3 is 6.09 Å². The normalized spacial score (nSPS) is 22.1. The van der Waals surface area contributed by atoms with Crippen molar-refractivity contribution in [2.24, 2.45) is 22.9 Å². The predicted molar refractivity (Wildman–Crippen MR) is 258 cm³/mol. The molecule has 4 aromatic rings. The quantitative estimate of drug-likeness (QED) is 0.0314. The van der Waals surface area contributed by atoms with E-state index in [-0.39, 0.29) is 75.2 Å². The van der Waals surface area contributed by atoms with Gasteiger partial charge in [-0.1, -0.05) is 78.7 Å². The number of nitro benzene ring substituents is 1. The minimum absolute atomic E-state index is 0.0190. The molecule has 2 aliphatic carbocycles. The van der Waals surface area contributed by atoms with Crippen LogP contribution in [0.3, 0.4) is 0 Å². The number of halogens is 1. The summed E-state index contributed by atoms with van der Waals surface area (Å²) in [5.41, 5.74) is 3.01. The topological polar surface area (TPSA) is 172 Å². The number of fused-ring (bicyclic) bond motifs is 2. The van der Waals surface area contributed by atoms with Gasteiger partial charge in [-0.05, 0) is 111 Å². The van der Waals surface area contributed by atoms with E-state index in [9.17, 15) is 29.5 Å². The van der Waals surface area contributed by atoms with E-state index in [0.717, 1.165) is 29.5 Å². The molecule has 14 nitrogen and oxygen atoms in total. The van der Waals surface area contributed by atoms with Crippen LogP contribution in [-0.4, -0.2) is 82.3 Å². The van der Waals surface area contributed by atoms with Gasteiger partial charge in [0.1, 0.15) is 41.3 Å². The van der Waals surface area contributed by atoms with E-state index in [1.807, 2.05) is 57.2 Å². The number of allylic oxidation sites excluding steroid dienone is 1. The summed E-state index contributed by atoms with van der Waals surface area (Å²) in [5.74, 6) is -2.02. The molecule has 1 aliphatic heterocycles. The maximum absolute atomic E-state index is 14.9. The van der Waals surface area contributed by atoms with Crippen molar-refractivity contribution in [2.45, 2.75) is 102 Å². The number of hydrogen-bond acceptors (Lipinski definition) is 12. The maximum Gasteiger partial charge on any atom is 0.410 e. The van der Waals surface area contributed by atoms with Gasteiger partial charge in [-0.2, -0.15) is 0 Å². The van der Waals surface area contributed by atoms with Crippen LogP contribution in [-0.2, 0) is 32.2 Å². The van der Waals surface area contributed by atoms with Crippen LogP contribution in [0.4, 0.5) is 14.9 Å². The highest BCUT2D eigenvalue weighted by molar-refractivity contribution is 6.03. The van der Waals surface area contributed by atoms with Crippen LogP contribution in [0.2, 0.25) is 0 Å². The number of rotatable bonds is 23. The lowest BCUT2D eigenvalue weighted by atomic mass is 9.55. The number of amides is 1. The predicted octanol–water partition coefficient (Wildman–Crippen LogP) is 10.8. The number of nitro groups is 1. The first kappa shape index (κ1) is 50.7. The summed E-state index contributed by atoms with van der Waals surface area (Å²) in [6.45, 7) is 10.2. The van der Waals surface area contributed by atoms with Crippen LogP contribution in [0.25, 0.3) is 0 Å². The second-order valence-electron chi connectivity index (χ2n) is 18.7. The first-order chi connectivity index (χ1) is 33.3. The number of aliphatic hydroxyl groups excluding tert-OH is 2. The minimum atomic E-state index is -1.62. The number of carbonyl (C=O) groups excluding carboxylic acids is 1. The largest absolute Gasteiger partial charge is 0.459 e. The summed E-state index contributed by atoms with van der Waals surface area (Å²) in [7, 11) is 0. The molecule has 0 saturated heterocycles. The van der Waals surface area contributed by atoms with Crippen LogP contribution in [0, 0.1) is 33.7 Å². The number of unbranched alkanes of at least 4 members (excludes halogenated alkanes) is 2. The summed E-state index contributed by atoms with van der Waals surface area (Å²) in [6.07, 6.45) is 7.38. The summed E-state index contributed by atoms with van der Waals surface area (Å²) in [6, 6.07) is 26.1. The van der Waals surface area contributed by atoms with Crippen molar-refractivity contribution < 1.29 is 52.8 Å². The van der Waals surface area contributed by atoms with Crippen LogP contribution in [0.15, 0.2) is 127 Å². The molecule has 1 amide bonds. The first-order valence-electron chi connectivity index (χ1n) is 23.8. The fourth-order valence-corrected chi connectivity index (χ4v) is 9.82. The van der Waals surface area contributed by atoms with Gasteiger partial charge in [0, 0.05) is 43.7 Å². The molecule has 0 bridgehead atoms. The lowest BCUT2D eigenvalue weighted by Gasteiger charge is -2.60. The summed E-state index contributed by atoms with van der Waals surface area (Å²) < 4.78 is 47.2. The Labute approximate surface area is 403 Å². The molecule has 0 spiro atoms. The standard InChI is InChI=1S/C54H64FN3O11/c1-5-28-66-54-49(57(35-37-20-22-40(55)23-21-37)52(61)65-30-29-64-36-38-14-7-6-8-15-38)34-47(56-69-53(2,3)4)45-31-39(16-9-11-26-59)44(19-10-12-27-60)50(51(45)54)46-33-43(24-25-48(46)68-54)67-42-18-13-17-41(32-42)58(62)63/h5-8,13-15,17-18,20-25,31-33,39,44,49-51,59-60H,1,9-12,16,19,26-30,34-36H2,2-4H3. The Kier molecular flexibility index (Phi) is 17.2. The molecular formula is C54H64FN3O11. The molecule has 368 valence electrons. The Hall–Kier alpha value is -6.13. The summed E-state index contributed by atoms with van der Waals surface area (Å²) in [4.78, 5) is 34.0. The Morgan fingerprint density at radius 1 is 0.942 bits per heavy atom. The van der Waals surface area contributed by atoms with Gasteiger partial charge in [-0.25, -0.2) is 9.18 Å². The molecule has 1 fully saturated rings. The van der Waals surface area contributed by atoms with Crippen molar-refractivity contribution in [3.63, 3.8) is 0 Å². The second-order valence-corrected chi connectivity index (χ2v) is 18.7. The number of non-ortho nitro benzene ring substituents is 1. The molecule has 0 aromatic heterocycles. The molecule has 1 saturated carbocycles. The fourth-order valence-electron chi connectivity index (χ4n) is 9.82. The Bertz CT molecular complexity index is 2420. The molecular weight excluding hydrogens is 886 g/mol. The Balaban J connectivity index is 1.40. The van der Waals surface area contributed by atoms with E-state index in [1.54, 1.807) is 47.4 Å². The van der Waals surface area contributed by atoms with E-state index in [1.165, 1.54) is 24.3 Å². The first-order valence-corrected chi connectivity index (χ1v) is 23.8. The van der Waals surface area contributed by atoms with Crippen LogP contribution >= 0.6 is 0 Å². The molecule has 6 atom stereocenters. The monoisotopic (exact) mass is 949 g/mol. The van der Waals surface area contributed by atoms with E-state index in [2.05, 4.69) is 12.7 Å². The zero-order chi connectivity index (χ0) is 49.0. The van der Waals surface area contributed by atoms with Crippen LogP contribution in [0.1, 0.15) is 88.3 Å². The van der Waals surface area contributed by atoms with Gasteiger partial charge in [-0.3, -0.25) is 15.0 Å². The second kappa shape index (κ2) is 23.5. The van der Waals surface area contributed by atoms with E-state index in [4.69, 9.17) is 33.7 Å². The third-order valence-corrected chi connectivity index (χ3v) is 12.8. The lowest BCUT2D eigenvalue weighted by Crippen LogP contribution is -2.70. The molecule has 6 unspecified atom stereocenters. The Morgan fingerprint density at radius 2 is 1.68 bits per heavy atom. The number of nitrogens with zero attached hydrogens (tertiary/aromatic N) is 3. The zero-order valence-corrected chi connectivity index (χ0v) is 39.7. The molecule has 0 radical (unpaired) electrons. The zero-order valence-electron chi connectivity index (χ0n) is 39.7. The van der Waals surface area contributed by atoms with Gasteiger partial charge < -0.3 is 38.7 Å². The third kappa shape index (κ3) is 12.6. The fraction of sp³-hybridized carbons (Fsp3) is 0.444. The molecule has 7 rings (SSSR count). The van der Waals surface area contributed by atoms with Crippen molar-refractivity contribution in [1.29, 1.82) is 0 Å².